The number of hydrogen-bond acceptors (Lipinski definition) is 4. The zero-order valence-electron chi connectivity index (χ0n) is 10.5. The Bertz CT molecular complexity index is 685. The zero-order chi connectivity index (χ0) is 14.0. The average Bonchev–Trinajstić information content (AvgIpc) is 2.39. The normalized spacial score (nSPS) is 9.95. The van der Waals surface area contributed by atoms with Gasteiger partial charge in [0.1, 0.15) is 6.07 Å². The highest BCUT2D eigenvalue weighted by atomic mass is 16.6. The Morgan fingerprint density at radius 1 is 1.32 bits per heavy atom. The number of nitrogens with zero attached hydrogens (tertiary/aromatic N) is 3. The molecule has 0 unspecified atom stereocenters. The Hall–Kier alpha value is -2.74. The van der Waals surface area contributed by atoms with E-state index in [-0.39, 0.29) is 11.3 Å². The predicted molar refractivity (Wildman–Crippen MR) is 70.5 cm³/mol. The van der Waals surface area contributed by atoms with E-state index in [0.29, 0.717) is 11.1 Å². The van der Waals surface area contributed by atoms with E-state index in [4.69, 9.17) is 5.26 Å². The summed E-state index contributed by atoms with van der Waals surface area (Å²) in [5.74, 6) is 0. The Morgan fingerprint density at radius 2 is 2.05 bits per heavy atom. The van der Waals surface area contributed by atoms with Crippen LogP contribution in [0.5, 0.6) is 0 Å². The van der Waals surface area contributed by atoms with Gasteiger partial charge in [0.05, 0.1) is 10.5 Å². The van der Waals surface area contributed by atoms with Gasteiger partial charge in [0, 0.05) is 34.6 Å². The SMILES string of the molecule is Cc1ccc(-c2cc(C)c([N+](=O)[O-])cc2C#N)cn1. The van der Waals surface area contributed by atoms with E-state index >= 15 is 0 Å². The molecule has 0 N–H and O–H groups in total. The Balaban J connectivity index is 2.64. The van der Waals surface area contributed by atoms with Gasteiger partial charge < -0.3 is 0 Å². The van der Waals surface area contributed by atoms with Crippen LogP contribution >= 0.6 is 0 Å². The molecule has 0 aliphatic rings. The van der Waals surface area contributed by atoms with E-state index in [0.717, 1.165) is 11.3 Å². The molecule has 5 heteroatoms. The van der Waals surface area contributed by atoms with Crippen molar-refractivity contribution in [3.63, 3.8) is 0 Å². The van der Waals surface area contributed by atoms with Crippen LogP contribution in [0.1, 0.15) is 16.8 Å². The fourth-order valence-electron chi connectivity index (χ4n) is 1.85. The molecule has 0 saturated carbocycles. The number of nitriles is 1. The van der Waals surface area contributed by atoms with E-state index < -0.39 is 4.92 Å². The predicted octanol–water partition coefficient (Wildman–Crippen LogP) is 3.15. The summed E-state index contributed by atoms with van der Waals surface area (Å²) in [6.07, 6.45) is 1.66. The van der Waals surface area contributed by atoms with E-state index in [1.54, 1.807) is 19.2 Å². The number of aromatic nitrogens is 1. The van der Waals surface area contributed by atoms with Crippen LogP contribution in [0.4, 0.5) is 5.69 Å². The summed E-state index contributed by atoms with van der Waals surface area (Å²) in [6.45, 7) is 3.53. The van der Waals surface area contributed by atoms with Crippen LogP contribution in [0.25, 0.3) is 11.1 Å². The lowest BCUT2D eigenvalue weighted by atomic mass is 9.98. The van der Waals surface area contributed by atoms with Crippen LogP contribution in [-0.2, 0) is 0 Å². The van der Waals surface area contributed by atoms with Gasteiger partial charge in [-0.15, -0.1) is 0 Å². The van der Waals surface area contributed by atoms with Gasteiger partial charge >= 0.3 is 0 Å². The number of pyridine rings is 1. The highest BCUT2D eigenvalue weighted by molar-refractivity contribution is 5.73. The summed E-state index contributed by atoms with van der Waals surface area (Å²) in [6, 6.07) is 8.66. The quantitative estimate of drug-likeness (QED) is 0.608. The number of nitro benzene ring substituents is 1. The monoisotopic (exact) mass is 253 g/mol. The molecule has 1 aromatic heterocycles. The highest BCUT2D eigenvalue weighted by Gasteiger charge is 2.16. The molecule has 1 aromatic carbocycles. The van der Waals surface area contributed by atoms with Gasteiger partial charge in [0.15, 0.2) is 0 Å². The molecule has 0 aliphatic carbocycles. The molecule has 94 valence electrons. The van der Waals surface area contributed by atoms with Crippen molar-refractivity contribution >= 4 is 5.69 Å². The third-order valence-corrected chi connectivity index (χ3v) is 2.88. The number of rotatable bonds is 2. The van der Waals surface area contributed by atoms with Crippen molar-refractivity contribution < 1.29 is 4.92 Å². The maximum absolute atomic E-state index is 10.9. The molecule has 1 heterocycles. The maximum atomic E-state index is 10.9. The smallest absolute Gasteiger partial charge is 0.261 e. The third-order valence-electron chi connectivity index (χ3n) is 2.88. The molecular weight excluding hydrogens is 242 g/mol. The summed E-state index contributed by atoms with van der Waals surface area (Å²) < 4.78 is 0. The minimum absolute atomic E-state index is 0.0413. The fourth-order valence-corrected chi connectivity index (χ4v) is 1.85. The molecule has 0 bridgehead atoms. The standard InChI is InChI=1S/C14H11N3O2/c1-9-5-13(11-4-3-10(2)16-8-11)12(7-15)6-14(9)17(18)19/h3-6,8H,1-2H3. The molecule has 0 radical (unpaired) electrons. The van der Waals surface area contributed by atoms with Crippen molar-refractivity contribution in [1.29, 1.82) is 5.26 Å². The molecular formula is C14H11N3O2. The second-order valence-electron chi connectivity index (χ2n) is 4.24. The molecule has 2 rings (SSSR count). The van der Waals surface area contributed by atoms with Crippen molar-refractivity contribution in [2.75, 3.05) is 0 Å². The summed E-state index contributed by atoms with van der Waals surface area (Å²) >= 11 is 0. The number of aryl methyl sites for hydroxylation is 2. The van der Waals surface area contributed by atoms with Gasteiger partial charge in [-0.05, 0) is 26.0 Å². The maximum Gasteiger partial charge on any atom is 0.273 e. The number of hydrogen-bond donors (Lipinski definition) is 0. The van der Waals surface area contributed by atoms with Crippen molar-refractivity contribution in [3.05, 3.63) is 57.4 Å². The van der Waals surface area contributed by atoms with Crippen molar-refractivity contribution in [2.24, 2.45) is 0 Å². The third kappa shape index (κ3) is 2.43. The second kappa shape index (κ2) is 4.86. The van der Waals surface area contributed by atoms with Gasteiger partial charge in [-0.25, -0.2) is 0 Å². The van der Waals surface area contributed by atoms with Crippen LogP contribution < -0.4 is 0 Å². The van der Waals surface area contributed by atoms with E-state index in [9.17, 15) is 10.1 Å². The number of nitro groups is 1. The molecule has 0 amide bonds. The first-order valence-electron chi connectivity index (χ1n) is 5.65. The first-order valence-corrected chi connectivity index (χ1v) is 5.65. The second-order valence-corrected chi connectivity index (χ2v) is 4.24. The minimum Gasteiger partial charge on any atom is -0.261 e. The molecule has 19 heavy (non-hydrogen) atoms. The lowest BCUT2D eigenvalue weighted by Crippen LogP contribution is -1.95. The first kappa shape index (κ1) is 12.7. The number of benzene rings is 1. The fraction of sp³-hybridized carbons (Fsp3) is 0.143. The Labute approximate surface area is 110 Å². The van der Waals surface area contributed by atoms with Gasteiger partial charge in [-0.2, -0.15) is 5.26 Å². The minimum atomic E-state index is -0.479. The molecule has 0 spiro atoms. The molecule has 2 aromatic rings. The molecule has 0 atom stereocenters. The van der Waals surface area contributed by atoms with Gasteiger partial charge in [-0.1, -0.05) is 6.07 Å². The Morgan fingerprint density at radius 3 is 2.58 bits per heavy atom. The van der Waals surface area contributed by atoms with Crippen LogP contribution in [0.3, 0.4) is 0 Å². The summed E-state index contributed by atoms with van der Waals surface area (Å²) in [5, 5.41) is 20.0. The Kier molecular flexibility index (Phi) is 3.25. The van der Waals surface area contributed by atoms with Crippen LogP contribution in [0, 0.1) is 35.3 Å². The summed E-state index contributed by atoms with van der Waals surface area (Å²) in [7, 11) is 0. The lowest BCUT2D eigenvalue weighted by molar-refractivity contribution is -0.385. The van der Waals surface area contributed by atoms with Crippen LogP contribution in [0.15, 0.2) is 30.5 Å². The lowest BCUT2D eigenvalue weighted by Gasteiger charge is -2.06. The van der Waals surface area contributed by atoms with E-state index in [2.05, 4.69) is 4.98 Å². The average molecular weight is 253 g/mol. The van der Waals surface area contributed by atoms with E-state index in [1.807, 2.05) is 25.1 Å². The van der Waals surface area contributed by atoms with Gasteiger partial charge in [-0.3, -0.25) is 15.1 Å². The summed E-state index contributed by atoms with van der Waals surface area (Å²) in [5.41, 5.74) is 3.09. The topological polar surface area (TPSA) is 79.8 Å². The molecule has 5 nitrogen and oxygen atoms in total. The zero-order valence-corrected chi connectivity index (χ0v) is 10.5. The molecule has 0 saturated heterocycles. The molecule has 0 aliphatic heterocycles. The van der Waals surface area contributed by atoms with E-state index in [1.165, 1.54) is 6.07 Å². The van der Waals surface area contributed by atoms with Crippen molar-refractivity contribution in [1.82, 2.24) is 4.98 Å². The highest BCUT2D eigenvalue weighted by Crippen LogP contribution is 2.29. The largest absolute Gasteiger partial charge is 0.273 e. The van der Waals surface area contributed by atoms with Crippen LogP contribution in [-0.4, -0.2) is 9.91 Å². The van der Waals surface area contributed by atoms with Crippen molar-refractivity contribution in [2.45, 2.75) is 13.8 Å². The van der Waals surface area contributed by atoms with Crippen LogP contribution in [0.2, 0.25) is 0 Å². The van der Waals surface area contributed by atoms with Gasteiger partial charge in [0.2, 0.25) is 0 Å². The molecule has 0 fully saturated rings. The first-order chi connectivity index (χ1) is 9.02. The summed E-state index contributed by atoms with van der Waals surface area (Å²) in [4.78, 5) is 14.6. The van der Waals surface area contributed by atoms with Crippen molar-refractivity contribution in [3.8, 4) is 17.2 Å². The van der Waals surface area contributed by atoms with Gasteiger partial charge in [0.25, 0.3) is 5.69 Å².